The number of nitrogens with one attached hydrogen (secondary N) is 1. The average Bonchev–Trinajstić information content (AvgIpc) is 2.67. The van der Waals surface area contributed by atoms with Gasteiger partial charge in [-0.3, -0.25) is 9.52 Å². The molecule has 7 nitrogen and oxygen atoms in total. The molecule has 9 heteroatoms. The van der Waals surface area contributed by atoms with Gasteiger partial charge in [0.2, 0.25) is 5.91 Å². The summed E-state index contributed by atoms with van der Waals surface area (Å²) in [6, 6.07) is 10.8. The van der Waals surface area contributed by atoms with E-state index in [-0.39, 0.29) is 22.7 Å². The van der Waals surface area contributed by atoms with E-state index in [0.717, 1.165) is 4.90 Å². The van der Waals surface area contributed by atoms with Gasteiger partial charge in [0.05, 0.1) is 22.8 Å². The Morgan fingerprint density at radius 2 is 1.90 bits per heavy atom. The number of anilines is 2. The Bertz CT molecular complexity index is 1040. The highest BCUT2D eigenvalue weighted by Gasteiger charge is 2.27. The minimum Gasteiger partial charge on any atom is -0.462 e. The number of carbonyl (C=O) groups is 2. The molecule has 1 amide bonds. The number of sulfonamides is 1. The zero-order valence-electron chi connectivity index (χ0n) is 16.3. The van der Waals surface area contributed by atoms with Crippen LogP contribution in [-0.2, 0) is 19.6 Å². The van der Waals surface area contributed by atoms with Crippen LogP contribution >= 0.6 is 11.8 Å². The van der Waals surface area contributed by atoms with E-state index in [0.29, 0.717) is 23.5 Å². The van der Waals surface area contributed by atoms with Gasteiger partial charge in [-0.05, 0) is 49.4 Å². The van der Waals surface area contributed by atoms with Crippen molar-refractivity contribution in [2.24, 2.45) is 0 Å². The molecule has 1 unspecified atom stereocenters. The van der Waals surface area contributed by atoms with Gasteiger partial charge in [-0.15, -0.1) is 11.8 Å². The molecular weight excluding hydrogens is 412 g/mol. The van der Waals surface area contributed by atoms with Crippen molar-refractivity contribution in [1.29, 1.82) is 0 Å². The minimum atomic E-state index is -3.87. The molecule has 0 radical (unpaired) electrons. The minimum absolute atomic E-state index is 0.0622. The first-order valence-electron chi connectivity index (χ1n) is 9.10. The molecule has 154 valence electrons. The Morgan fingerprint density at radius 1 is 1.21 bits per heavy atom. The quantitative estimate of drug-likeness (QED) is 0.724. The predicted octanol–water partition coefficient (Wildman–Crippen LogP) is 3.51. The molecular formula is C20H22N2O5S2. The maximum atomic E-state index is 12.8. The van der Waals surface area contributed by atoms with Crippen LogP contribution < -0.4 is 9.62 Å². The van der Waals surface area contributed by atoms with E-state index in [1.807, 2.05) is 6.92 Å². The fourth-order valence-electron chi connectivity index (χ4n) is 2.99. The third-order valence-corrected chi connectivity index (χ3v) is 6.86. The van der Waals surface area contributed by atoms with Crippen molar-refractivity contribution in [2.45, 2.75) is 35.8 Å². The lowest BCUT2D eigenvalue weighted by molar-refractivity contribution is -0.116. The van der Waals surface area contributed by atoms with Crippen LogP contribution in [0.4, 0.5) is 11.4 Å². The van der Waals surface area contributed by atoms with Gasteiger partial charge in [0.1, 0.15) is 0 Å². The Kier molecular flexibility index (Phi) is 6.18. The van der Waals surface area contributed by atoms with Gasteiger partial charge < -0.3 is 9.64 Å². The largest absolute Gasteiger partial charge is 0.462 e. The van der Waals surface area contributed by atoms with Crippen molar-refractivity contribution in [3.05, 3.63) is 48.0 Å². The third-order valence-electron chi connectivity index (χ3n) is 4.33. The highest BCUT2D eigenvalue weighted by atomic mass is 32.2. The number of thioether (sulfide) groups is 1. The lowest BCUT2D eigenvalue weighted by atomic mass is 10.2. The number of hydrogen-bond acceptors (Lipinski definition) is 6. The number of rotatable bonds is 5. The van der Waals surface area contributed by atoms with Crippen molar-refractivity contribution in [3.63, 3.8) is 0 Å². The number of nitrogens with zero attached hydrogens (tertiary/aromatic N) is 1. The van der Waals surface area contributed by atoms with E-state index in [4.69, 9.17) is 4.74 Å². The van der Waals surface area contributed by atoms with E-state index in [1.165, 1.54) is 43.3 Å². The molecule has 0 spiro atoms. The van der Waals surface area contributed by atoms with E-state index in [2.05, 4.69) is 4.72 Å². The van der Waals surface area contributed by atoms with E-state index in [9.17, 15) is 18.0 Å². The molecule has 3 rings (SSSR count). The Labute approximate surface area is 174 Å². The number of ether oxygens (including phenoxy) is 1. The maximum Gasteiger partial charge on any atom is 0.338 e. The first-order chi connectivity index (χ1) is 13.7. The maximum absolute atomic E-state index is 12.8. The summed E-state index contributed by atoms with van der Waals surface area (Å²) in [6.07, 6.45) is 0. The van der Waals surface area contributed by atoms with E-state index in [1.54, 1.807) is 29.7 Å². The summed E-state index contributed by atoms with van der Waals surface area (Å²) in [5.41, 5.74) is 1.26. The molecule has 2 aromatic carbocycles. The second-order valence-electron chi connectivity index (χ2n) is 6.59. The summed E-state index contributed by atoms with van der Waals surface area (Å²) in [6.45, 7) is 6.00. The number of benzene rings is 2. The zero-order valence-corrected chi connectivity index (χ0v) is 18.0. The van der Waals surface area contributed by atoms with Gasteiger partial charge >= 0.3 is 5.97 Å². The van der Waals surface area contributed by atoms with Crippen LogP contribution in [-0.4, -0.2) is 38.7 Å². The number of amides is 1. The number of hydrogen-bond donors (Lipinski definition) is 1. The molecule has 29 heavy (non-hydrogen) atoms. The molecule has 0 saturated heterocycles. The van der Waals surface area contributed by atoms with Gasteiger partial charge in [-0.1, -0.05) is 6.92 Å². The van der Waals surface area contributed by atoms with Gasteiger partial charge in [0.25, 0.3) is 10.0 Å². The van der Waals surface area contributed by atoms with E-state index < -0.39 is 16.0 Å². The van der Waals surface area contributed by atoms with E-state index >= 15 is 0 Å². The standard InChI is InChI=1S/C20H22N2O5S2/c1-4-27-20(24)15-5-7-16(8-6-15)21-29(25,26)17-9-10-19-18(11-17)22(14(3)23)12-13(2)28-19/h5-11,13,21H,4,12H2,1-3H3. The van der Waals surface area contributed by atoms with Crippen LogP contribution in [0.15, 0.2) is 52.3 Å². The summed E-state index contributed by atoms with van der Waals surface area (Å²) in [5, 5.41) is 0.227. The zero-order chi connectivity index (χ0) is 21.2. The van der Waals surface area contributed by atoms with Crippen LogP contribution in [0.3, 0.4) is 0 Å². The molecule has 0 saturated carbocycles. The number of carbonyl (C=O) groups excluding carboxylic acids is 2. The summed E-state index contributed by atoms with van der Waals surface area (Å²) >= 11 is 1.61. The van der Waals surface area contributed by atoms with Gasteiger partial charge in [-0.25, -0.2) is 13.2 Å². The molecule has 1 aliphatic rings. The van der Waals surface area contributed by atoms with Crippen molar-refractivity contribution < 1.29 is 22.7 Å². The monoisotopic (exact) mass is 434 g/mol. The molecule has 1 aliphatic heterocycles. The Hall–Kier alpha value is -2.52. The second kappa shape index (κ2) is 8.46. The Morgan fingerprint density at radius 3 is 2.52 bits per heavy atom. The summed E-state index contributed by atoms with van der Waals surface area (Å²) < 4.78 is 33.1. The first kappa shape index (κ1) is 21.2. The molecule has 0 fully saturated rings. The van der Waals surface area contributed by atoms with Gasteiger partial charge in [-0.2, -0.15) is 0 Å². The summed E-state index contributed by atoms with van der Waals surface area (Å²) in [4.78, 5) is 26.3. The summed E-state index contributed by atoms with van der Waals surface area (Å²) in [7, 11) is -3.87. The third kappa shape index (κ3) is 4.73. The predicted molar refractivity (Wildman–Crippen MR) is 113 cm³/mol. The molecule has 2 aromatic rings. The van der Waals surface area contributed by atoms with Crippen LogP contribution in [0, 0.1) is 0 Å². The SMILES string of the molecule is CCOC(=O)c1ccc(NS(=O)(=O)c2ccc3c(c2)N(C(C)=O)CC(C)S3)cc1. The van der Waals surface area contributed by atoms with Crippen molar-refractivity contribution in [2.75, 3.05) is 22.8 Å². The van der Waals surface area contributed by atoms with Crippen molar-refractivity contribution >= 4 is 45.0 Å². The number of fused-ring (bicyclic) bond motifs is 1. The van der Waals surface area contributed by atoms with Crippen LogP contribution in [0.25, 0.3) is 0 Å². The highest BCUT2D eigenvalue weighted by molar-refractivity contribution is 8.00. The summed E-state index contributed by atoms with van der Waals surface area (Å²) in [5.74, 6) is -0.594. The highest BCUT2D eigenvalue weighted by Crippen LogP contribution is 2.39. The normalized spacial score (nSPS) is 16.1. The molecule has 1 heterocycles. The molecule has 1 N–H and O–H groups in total. The fourth-order valence-corrected chi connectivity index (χ4v) is 5.16. The molecule has 0 aromatic heterocycles. The molecule has 0 aliphatic carbocycles. The molecule has 1 atom stereocenters. The van der Waals surface area contributed by atoms with Crippen LogP contribution in [0.1, 0.15) is 31.1 Å². The fraction of sp³-hybridized carbons (Fsp3) is 0.300. The van der Waals surface area contributed by atoms with Gasteiger partial charge in [0, 0.05) is 29.3 Å². The molecule has 0 bridgehead atoms. The van der Waals surface area contributed by atoms with Crippen LogP contribution in [0.5, 0.6) is 0 Å². The lowest BCUT2D eigenvalue weighted by Crippen LogP contribution is -2.37. The second-order valence-corrected chi connectivity index (χ2v) is 9.75. The topological polar surface area (TPSA) is 92.8 Å². The first-order valence-corrected chi connectivity index (χ1v) is 11.5. The average molecular weight is 435 g/mol. The Balaban J connectivity index is 1.86. The smallest absolute Gasteiger partial charge is 0.338 e. The van der Waals surface area contributed by atoms with Gasteiger partial charge in [0.15, 0.2) is 0 Å². The van der Waals surface area contributed by atoms with Crippen LogP contribution in [0.2, 0.25) is 0 Å². The van der Waals surface area contributed by atoms with Crippen molar-refractivity contribution in [3.8, 4) is 0 Å². The lowest BCUT2D eigenvalue weighted by Gasteiger charge is -2.32. The number of esters is 1. The van der Waals surface area contributed by atoms with Crippen molar-refractivity contribution in [1.82, 2.24) is 0 Å².